The third kappa shape index (κ3) is 4.22. The first kappa shape index (κ1) is 20.7. The van der Waals surface area contributed by atoms with Crippen LogP contribution in [0.25, 0.3) is 0 Å². The molecule has 0 aliphatic heterocycles. The molecule has 0 N–H and O–H groups in total. The topological polar surface area (TPSA) is 40.6 Å². The number of alkyl halides is 3. The molecule has 0 saturated heterocycles. The summed E-state index contributed by atoms with van der Waals surface area (Å²) in [5, 5.41) is 0. The van der Waals surface area contributed by atoms with Crippen molar-refractivity contribution in [3.8, 4) is 0 Å². The summed E-state index contributed by atoms with van der Waals surface area (Å²) >= 11 is 0. The lowest BCUT2D eigenvalue weighted by Crippen LogP contribution is -2.27. The molecular formula is C21H19F3N2O2S. The van der Waals surface area contributed by atoms with Gasteiger partial charge in [-0.05, 0) is 42.5 Å². The van der Waals surface area contributed by atoms with E-state index in [-0.39, 0.29) is 16.3 Å². The monoisotopic (exact) mass is 420 g/mol. The Hall–Kier alpha value is -3.00. The van der Waals surface area contributed by atoms with Gasteiger partial charge in [0, 0.05) is 14.1 Å². The van der Waals surface area contributed by atoms with Crippen molar-refractivity contribution in [2.24, 2.45) is 0 Å². The highest BCUT2D eigenvalue weighted by Gasteiger charge is 2.35. The first-order valence-corrected chi connectivity index (χ1v) is 10.1. The minimum atomic E-state index is -4.56. The van der Waals surface area contributed by atoms with Gasteiger partial charge in [-0.1, -0.05) is 36.4 Å². The minimum absolute atomic E-state index is 0.0372. The number of halogens is 3. The second-order valence-electron chi connectivity index (χ2n) is 6.51. The molecule has 3 rings (SSSR count). The van der Waals surface area contributed by atoms with Crippen LogP contribution >= 0.6 is 0 Å². The third-order valence-electron chi connectivity index (χ3n) is 4.28. The number of anilines is 3. The molecule has 0 saturated carbocycles. The van der Waals surface area contributed by atoms with Gasteiger partial charge in [0.25, 0.3) is 10.0 Å². The third-order valence-corrected chi connectivity index (χ3v) is 6.05. The molecule has 3 aromatic rings. The van der Waals surface area contributed by atoms with Crippen molar-refractivity contribution < 1.29 is 21.6 Å². The van der Waals surface area contributed by atoms with Gasteiger partial charge in [-0.2, -0.15) is 13.2 Å². The molecular weight excluding hydrogens is 401 g/mol. The fourth-order valence-corrected chi connectivity index (χ4v) is 4.45. The number of para-hydroxylation sites is 1. The Morgan fingerprint density at radius 2 is 1.31 bits per heavy atom. The Morgan fingerprint density at radius 1 is 0.759 bits per heavy atom. The van der Waals surface area contributed by atoms with Crippen LogP contribution in [0.1, 0.15) is 5.56 Å². The highest BCUT2D eigenvalue weighted by Crippen LogP contribution is 2.40. The molecule has 0 bridgehead atoms. The molecule has 3 aromatic carbocycles. The SMILES string of the molecule is CN(C)c1cc(N(c2ccccc2)S(=O)(=O)c2ccccc2)ccc1C(F)(F)F. The largest absolute Gasteiger partial charge is 0.418 e. The van der Waals surface area contributed by atoms with Crippen LogP contribution in [0.15, 0.2) is 83.8 Å². The van der Waals surface area contributed by atoms with Crippen molar-refractivity contribution in [3.05, 3.63) is 84.4 Å². The second kappa shape index (κ2) is 7.79. The van der Waals surface area contributed by atoms with Gasteiger partial charge in [-0.3, -0.25) is 0 Å². The molecule has 8 heteroatoms. The van der Waals surface area contributed by atoms with Crippen LogP contribution in [-0.2, 0) is 16.2 Å². The summed E-state index contributed by atoms with van der Waals surface area (Å²) in [6.07, 6.45) is -4.56. The van der Waals surface area contributed by atoms with Gasteiger partial charge < -0.3 is 4.90 Å². The Morgan fingerprint density at radius 3 is 1.83 bits per heavy atom. The maximum atomic E-state index is 13.4. The normalized spacial score (nSPS) is 11.9. The van der Waals surface area contributed by atoms with Crippen LogP contribution in [0.4, 0.5) is 30.2 Å². The first-order valence-electron chi connectivity index (χ1n) is 8.66. The number of rotatable bonds is 5. The van der Waals surface area contributed by atoms with E-state index < -0.39 is 21.8 Å². The molecule has 0 atom stereocenters. The lowest BCUT2D eigenvalue weighted by molar-refractivity contribution is -0.137. The van der Waals surface area contributed by atoms with Crippen molar-refractivity contribution in [3.63, 3.8) is 0 Å². The van der Waals surface area contributed by atoms with Gasteiger partial charge in [-0.15, -0.1) is 0 Å². The van der Waals surface area contributed by atoms with E-state index in [9.17, 15) is 21.6 Å². The molecule has 152 valence electrons. The van der Waals surface area contributed by atoms with Gasteiger partial charge in [-0.25, -0.2) is 12.7 Å². The molecule has 4 nitrogen and oxygen atoms in total. The maximum absolute atomic E-state index is 13.4. The van der Waals surface area contributed by atoms with Crippen LogP contribution in [0.2, 0.25) is 0 Å². The molecule has 0 amide bonds. The fraction of sp³-hybridized carbons (Fsp3) is 0.143. The van der Waals surface area contributed by atoms with Crippen molar-refractivity contribution in [1.29, 1.82) is 0 Å². The van der Waals surface area contributed by atoms with E-state index >= 15 is 0 Å². The average molecular weight is 420 g/mol. The second-order valence-corrected chi connectivity index (χ2v) is 8.30. The zero-order valence-electron chi connectivity index (χ0n) is 15.8. The quantitative estimate of drug-likeness (QED) is 0.563. The van der Waals surface area contributed by atoms with Crippen molar-refractivity contribution in [1.82, 2.24) is 0 Å². The summed E-state index contributed by atoms with van der Waals surface area (Å²) in [6, 6.07) is 19.3. The molecule has 0 heterocycles. The van der Waals surface area contributed by atoms with Gasteiger partial charge >= 0.3 is 6.18 Å². The Kier molecular flexibility index (Phi) is 5.57. The van der Waals surface area contributed by atoms with E-state index in [0.29, 0.717) is 5.69 Å². The van der Waals surface area contributed by atoms with E-state index in [4.69, 9.17) is 0 Å². The molecule has 0 aliphatic rings. The Balaban J connectivity index is 2.25. The molecule has 0 aromatic heterocycles. The van der Waals surface area contributed by atoms with E-state index in [1.54, 1.807) is 48.5 Å². The van der Waals surface area contributed by atoms with Crippen LogP contribution < -0.4 is 9.21 Å². The van der Waals surface area contributed by atoms with Crippen LogP contribution in [0.5, 0.6) is 0 Å². The standard InChI is InChI=1S/C21H19F3N2O2S/c1-25(2)20-15-17(13-14-19(20)21(22,23)24)26(16-9-5-3-6-10-16)29(27,28)18-11-7-4-8-12-18/h3-15H,1-2H3. The number of benzene rings is 3. The van der Waals surface area contributed by atoms with Gasteiger partial charge in [0.1, 0.15) is 0 Å². The molecule has 0 radical (unpaired) electrons. The summed E-state index contributed by atoms with van der Waals surface area (Å²) in [4.78, 5) is 1.35. The maximum Gasteiger partial charge on any atom is 0.418 e. The lowest BCUT2D eigenvalue weighted by Gasteiger charge is -2.27. The highest BCUT2D eigenvalue weighted by atomic mass is 32.2. The minimum Gasteiger partial charge on any atom is -0.377 e. The molecule has 0 spiro atoms. The zero-order valence-corrected chi connectivity index (χ0v) is 16.6. The van der Waals surface area contributed by atoms with Crippen molar-refractivity contribution >= 4 is 27.1 Å². The number of nitrogens with zero attached hydrogens (tertiary/aromatic N) is 2. The van der Waals surface area contributed by atoms with E-state index in [1.165, 1.54) is 43.3 Å². The summed E-state index contributed by atoms with van der Waals surface area (Å²) in [6.45, 7) is 0. The van der Waals surface area contributed by atoms with Crippen LogP contribution in [0, 0.1) is 0 Å². The summed E-state index contributed by atoms with van der Waals surface area (Å²) < 4.78 is 68.0. The first-order chi connectivity index (χ1) is 13.6. The van der Waals surface area contributed by atoms with E-state index in [0.717, 1.165) is 10.4 Å². The predicted molar refractivity (Wildman–Crippen MR) is 108 cm³/mol. The van der Waals surface area contributed by atoms with Crippen molar-refractivity contribution in [2.75, 3.05) is 23.3 Å². The van der Waals surface area contributed by atoms with Gasteiger partial charge in [0.15, 0.2) is 0 Å². The van der Waals surface area contributed by atoms with E-state index in [1.807, 2.05) is 0 Å². The fourth-order valence-electron chi connectivity index (χ4n) is 2.94. The number of hydrogen-bond donors (Lipinski definition) is 0. The van der Waals surface area contributed by atoms with Crippen molar-refractivity contribution in [2.45, 2.75) is 11.1 Å². The Labute approximate surface area is 167 Å². The van der Waals surface area contributed by atoms with Crippen LogP contribution in [0.3, 0.4) is 0 Å². The smallest absolute Gasteiger partial charge is 0.377 e. The number of sulfonamides is 1. The molecule has 0 unspecified atom stereocenters. The zero-order chi connectivity index (χ0) is 21.2. The Bertz CT molecular complexity index is 1080. The number of hydrogen-bond acceptors (Lipinski definition) is 3. The average Bonchev–Trinajstić information content (AvgIpc) is 2.68. The highest BCUT2D eigenvalue weighted by molar-refractivity contribution is 7.93. The predicted octanol–water partition coefficient (Wildman–Crippen LogP) is 5.30. The van der Waals surface area contributed by atoms with E-state index in [2.05, 4.69) is 0 Å². The summed E-state index contributed by atoms with van der Waals surface area (Å²) in [5.41, 5.74) is -0.534. The molecule has 0 fully saturated rings. The summed E-state index contributed by atoms with van der Waals surface area (Å²) in [7, 11) is -1.11. The summed E-state index contributed by atoms with van der Waals surface area (Å²) in [5.74, 6) is 0. The molecule has 29 heavy (non-hydrogen) atoms. The lowest BCUT2D eigenvalue weighted by atomic mass is 10.1. The van der Waals surface area contributed by atoms with Gasteiger partial charge in [0.2, 0.25) is 0 Å². The molecule has 0 aliphatic carbocycles. The van der Waals surface area contributed by atoms with Crippen LogP contribution in [-0.4, -0.2) is 22.5 Å². The van der Waals surface area contributed by atoms with Gasteiger partial charge in [0.05, 0.1) is 27.5 Å².